The molecule has 0 bridgehead atoms. The summed E-state index contributed by atoms with van der Waals surface area (Å²) in [7, 11) is 1.85. The van der Waals surface area contributed by atoms with Crippen molar-refractivity contribution in [3.63, 3.8) is 0 Å². The monoisotopic (exact) mass is 262 g/mol. The first-order valence-electron chi connectivity index (χ1n) is 5.94. The molecule has 6 heteroatoms. The Bertz CT molecular complexity index is 613. The Morgan fingerprint density at radius 2 is 2.44 bits per heavy atom. The highest BCUT2D eigenvalue weighted by molar-refractivity contribution is 7.99. The lowest BCUT2D eigenvalue weighted by Crippen LogP contribution is -2.12. The summed E-state index contributed by atoms with van der Waals surface area (Å²) >= 11 is 1.86. The van der Waals surface area contributed by atoms with Gasteiger partial charge in [0.2, 0.25) is 0 Å². The van der Waals surface area contributed by atoms with Crippen LogP contribution in [0.15, 0.2) is 23.3 Å². The Hall–Kier alpha value is -1.56. The van der Waals surface area contributed by atoms with E-state index in [-0.39, 0.29) is 5.56 Å². The molecule has 18 heavy (non-hydrogen) atoms. The van der Waals surface area contributed by atoms with Crippen molar-refractivity contribution in [1.29, 1.82) is 0 Å². The molecule has 1 aliphatic heterocycles. The van der Waals surface area contributed by atoms with Gasteiger partial charge in [-0.2, -0.15) is 16.9 Å². The SMILES string of the molecule is Cn1cc(-c2cc(=O)[nH]c(C3CCCS3)n2)cn1. The second-order valence-corrected chi connectivity index (χ2v) is 5.73. The number of hydrogen-bond donors (Lipinski definition) is 1. The van der Waals surface area contributed by atoms with Crippen molar-refractivity contribution in [2.45, 2.75) is 18.1 Å². The first-order chi connectivity index (χ1) is 8.72. The summed E-state index contributed by atoms with van der Waals surface area (Å²) in [4.78, 5) is 19.1. The third-order valence-electron chi connectivity index (χ3n) is 3.00. The van der Waals surface area contributed by atoms with Gasteiger partial charge in [-0.05, 0) is 18.6 Å². The number of nitrogens with one attached hydrogen (secondary N) is 1. The third-order valence-corrected chi connectivity index (χ3v) is 4.38. The van der Waals surface area contributed by atoms with E-state index in [0.717, 1.165) is 23.6 Å². The number of nitrogens with zero attached hydrogens (tertiary/aromatic N) is 3. The van der Waals surface area contributed by atoms with Gasteiger partial charge in [-0.1, -0.05) is 0 Å². The molecular formula is C12H14N4OS. The minimum atomic E-state index is -0.0913. The van der Waals surface area contributed by atoms with Crippen LogP contribution in [0.3, 0.4) is 0 Å². The zero-order chi connectivity index (χ0) is 12.5. The largest absolute Gasteiger partial charge is 0.310 e. The molecule has 3 rings (SSSR count). The molecule has 1 atom stereocenters. The van der Waals surface area contributed by atoms with Crippen molar-refractivity contribution < 1.29 is 0 Å². The maximum atomic E-state index is 11.7. The van der Waals surface area contributed by atoms with Crippen LogP contribution in [0.25, 0.3) is 11.3 Å². The smallest absolute Gasteiger partial charge is 0.251 e. The summed E-state index contributed by atoms with van der Waals surface area (Å²) in [6.07, 6.45) is 5.88. The van der Waals surface area contributed by atoms with Gasteiger partial charge >= 0.3 is 0 Å². The first-order valence-corrected chi connectivity index (χ1v) is 6.99. The topological polar surface area (TPSA) is 63.6 Å². The molecule has 1 aliphatic rings. The third kappa shape index (κ3) is 2.20. The van der Waals surface area contributed by atoms with E-state index in [4.69, 9.17) is 0 Å². The molecule has 1 unspecified atom stereocenters. The molecule has 3 heterocycles. The second kappa shape index (κ2) is 4.61. The van der Waals surface area contributed by atoms with Gasteiger partial charge in [-0.25, -0.2) is 4.98 Å². The van der Waals surface area contributed by atoms with Crippen LogP contribution in [0.2, 0.25) is 0 Å². The number of aromatic amines is 1. The van der Waals surface area contributed by atoms with E-state index in [1.54, 1.807) is 10.9 Å². The fourth-order valence-electron chi connectivity index (χ4n) is 2.12. The van der Waals surface area contributed by atoms with E-state index in [1.165, 1.54) is 12.5 Å². The molecule has 0 aliphatic carbocycles. The average molecular weight is 262 g/mol. The summed E-state index contributed by atoms with van der Waals surface area (Å²) < 4.78 is 1.71. The van der Waals surface area contributed by atoms with Gasteiger partial charge in [0.1, 0.15) is 5.82 Å². The number of thioether (sulfide) groups is 1. The van der Waals surface area contributed by atoms with Crippen LogP contribution >= 0.6 is 11.8 Å². The molecule has 94 valence electrons. The molecular weight excluding hydrogens is 248 g/mol. The van der Waals surface area contributed by atoms with Crippen molar-refractivity contribution in [3.8, 4) is 11.3 Å². The normalized spacial score (nSPS) is 19.3. The van der Waals surface area contributed by atoms with Gasteiger partial charge in [-0.15, -0.1) is 0 Å². The first kappa shape index (κ1) is 11.5. The molecule has 0 saturated carbocycles. The van der Waals surface area contributed by atoms with E-state index in [1.807, 2.05) is 25.0 Å². The minimum absolute atomic E-state index is 0.0913. The maximum Gasteiger partial charge on any atom is 0.251 e. The van der Waals surface area contributed by atoms with Gasteiger partial charge in [0.25, 0.3) is 5.56 Å². The summed E-state index contributed by atoms with van der Waals surface area (Å²) in [5.41, 5.74) is 1.49. The Morgan fingerprint density at radius 3 is 3.11 bits per heavy atom. The van der Waals surface area contributed by atoms with Crippen LogP contribution < -0.4 is 5.56 Å². The van der Waals surface area contributed by atoms with E-state index < -0.39 is 0 Å². The van der Waals surface area contributed by atoms with Crippen LogP contribution in [0, 0.1) is 0 Å². The van der Waals surface area contributed by atoms with Crippen molar-refractivity contribution in [1.82, 2.24) is 19.7 Å². The highest BCUT2D eigenvalue weighted by atomic mass is 32.2. The Morgan fingerprint density at radius 1 is 1.56 bits per heavy atom. The van der Waals surface area contributed by atoms with Crippen molar-refractivity contribution in [2.75, 3.05) is 5.75 Å². The average Bonchev–Trinajstić information content (AvgIpc) is 2.98. The molecule has 0 radical (unpaired) electrons. The lowest BCUT2D eigenvalue weighted by atomic mass is 10.2. The van der Waals surface area contributed by atoms with Gasteiger partial charge in [-0.3, -0.25) is 9.48 Å². The van der Waals surface area contributed by atoms with Crippen LogP contribution in [0.4, 0.5) is 0 Å². The molecule has 0 spiro atoms. The van der Waals surface area contributed by atoms with Crippen LogP contribution in [0.1, 0.15) is 23.9 Å². The Labute approximate surface area is 109 Å². The summed E-state index contributed by atoms with van der Waals surface area (Å²) in [6.45, 7) is 0. The minimum Gasteiger partial charge on any atom is -0.310 e. The fraction of sp³-hybridized carbons (Fsp3) is 0.417. The van der Waals surface area contributed by atoms with Gasteiger partial charge in [0, 0.05) is 24.9 Å². The number of hydrogen-bond acceptors (Lipinski definition) is 4. The number of H-pyrrole nitrogens is 1. The quantitative estimate of drug-likeness (QED) is 0.895. The van der Waals surface area contributed by atoms with Crippen molar-refractivity contribution in [3.05, 3.63) is 34.6 Å². The lowest BCUT2D eigenvalue weighted by molar-refractivity contribution is 0.767. The fourth-order valence-corrected chi connectivity index (χ4v) is 3.34. The van der Waals surface area contributed by atoms with Crippen LogP contribution in [0.5, 0.6) is 0 Å². The van der Waals surface area contributed by atoms with E-state index in [9.17, 15) is 4.79 Å². The Balaban J connectivity index is 2.02. The predicted octanol–water partition coefficient (Wildman–Crippen LogP) is 1.74. The molecule has 5 nitrogen and oxygen atoms in total. The van der Waals surface area contributed by atoms with Gasteiger partial charge < -0.3 is 4.98 Å². The van der Waals surface area contributed by atoms with E-state index in [2.05, 4.69) is 15.1 Å². The molecule has 1 saturated heterocycles. The molecule has 0 aromatic carbocycles. The highest BCUT2D eigenvalue weighted by Crippen LogP contribution is 2.38. The van der Waals surface area contributed by atoms with Crippen LogP contribution in [-0.2, 0) is 7.05 Å². The maximum absolute atomic E-state index is 11.7. The number of aryl methyl sites for hydroxylation is 1. The Kier molecular flexibility index (Phi) is 2.95. The summed E-state index contributed by atoms with van der Waals surface area (Å²) in [5, 5.41) is 4.44. The van der Waals surface area contributed by atoms with Crippen molar-refractivity contribution >= 4 is 11.8 Å². The lowest BCUT2D eigenvalue weighted by Gasteiger charge is -2.08. The van der Waals surface area contributed by atoms with Crippen LogP contribution in [-0.4, -0.2) is 25.5 Å². The summed E-state index contributed by atoms with van der Waals surface area (Å²) in [6, 6.07) is 1.53. The summed E-state index contributed by atoms with van der Waals surface area (Å²) in [5.74, 6) is 1.94. The second-order valence-electron chi connectivity index (χ2n) is 4.42. The molecule has 1 fully saturated rings. The number of rotatable bonds is 2. The van der Waals surface area contributed by atoms with Gasteiger partial charge in [0.05, 0.1) is 17.1 Å². The molecule has 0 amide bonds. The predicted molar refractivity (Wildman–Crippen MR) is 71.5 cm³/mol. The van der Waals surface area contributed by atoms with E-state index in [0.29, 0.717) is 10.9 Å². The number of aromatic nitrogens is 4. The highest BCUT2D eigenvalue weighted by Gasteiger charge is 2.20. The standard InChI is InChI=1S/C12H14N4OS/c1-16-7-8(6-13-16)9-5-11(17)15-12(14-9)10-3-2-4-18-10/h5-7,10H,2-4H2,1H3,(H,14,15,17). The molecule has 2 aromatic heterocycles. The molecule has 1 N–H and O–H groups in total. The van der Waals surface area contributed by atoms with E-state index >= 15 is 0 Å². The molecule has 2 aromatic rings. The van der Waals surface area contributed by atoms with Crippen molar-refractivity contribution in [2.24, 2.45) is 7.05 Å². The zero-order valence-electron chi connectivity index (χ0n) is 10.1. The zero-order valence-corrected chi connectivity index (χ0v) is 10.9. The van der Waals surface area contributed by atoms with Gasteiger partial charge in [0.15, 0.2) is 0 Å².